The predicted octanol–water partition coefficient (Wildman–Crippen LogP) is 2.65. The highest BCUT2D eigenvalue weighted by atomic mass is 19.1. The van der Waals surface area contributed by atoms with E-state index in [-0.39, 0.29) is 11.7 Å². The Bertz CT molecular complexity index is 976. The number of rotatable bonds is 5. The van der Waals surface area contributed by atoms with Crippen LogP contribution in [0, 0.1) is 5.82 Å². The second-order valence-electron chi connectivity index (χ2n) is 6.71. The van der Waals surface area contributed by atoms with Crippen LogP contribution in [0.15, 0.2) is 60.9 Å². The van der Waals surface area contributed by atoms with Crippen LogP contribution in [-0.2, 0) is 11.2 Å². The number of anilines is 3. The van der Waals surface area contributed by atoms with Gasteiger partial charge in [0, 0.05) is 44.3 Å². The van der Waals surface area contributed by atoms with Crippen molar-refractivity contribution in [2.45, 2.75) is 6.42 Å². The molecule has 1 saturated heterocycles. The molecule has 2 aromatic heterocycles. The number of hydrogen-bond donors (Lipinski definition) is 1. The molecule has 0 saturated carbocycles. The van der Waals surface area contributed by atoms with Gasteiger partial charge in [-0.25, -0.2) is 9.37 Å². The number of nitrogens with zero attached hydrogens (tertiary/aromatic N) is 5. The van der Waals surface area contributed by atoms with Crippen LogP contribution in [0.3, 0.4) is 0 Å². The second-order valence-corrected chi connectivity index (χ2v) is 6.71. The molecule has 1 amide bonds. The first-order valence-corrected chi connectivity index (χ1v) is 9.46. The molecule has 7 nitrogen and oxygen atoms in total. The normalized spacial score (nSPS) is 14.0. The molecule has 29 heavy (non-hydrogen) atoms. The van der Waals surface area contributed by atoms with Gasteiger partial charge in [-0.05, 0) is 30.3 Å². The highest BCUT2D eigenvalue weighted by Crippen LogP contribution is 2.20. The quantitative estimate of drug-likeness (QED) is 0.720. The van der Waals surface area contributed by atoms with Crippen LogP contribution in [0.4, 0.5) is 21.8 Å². The Morgan fingerprint density at radius 1 is 0.966 bits per heavy atom. The van der Waals surface area contributed by atoms with Crippen molar-refractivity contribution in [2.75, 3.05) is 36.4 Å². The number of hydrogen-bond acceptors (Lipinski definition) is 6. The van der Waals surface area contributed by atoms with Crippen molar-refractivity contribution >= 4 is 23.4 Å². The topological polar surface area (TPSA) is 74.2 Å². The molecule has 0 atom stereocenters. The zero-order valence-electron chi connectivity index (χ0n) is 15.8. The zero-order valence-corrected chi connectivity index (χ0v) is 15.8. The molecule has 4 rings (SSSR count). The molecule has 1 fully saturated rings. The number of carbonyl (C=O) groups is 1. The third-order valence-corrected chi connectivity index (χ3v) is 4.75. The molecule has 1 aliphatic rings. The number of benzene rings is 1. The van der Waals surface area contributed by atoms with E-state index in [0.717, 1.165) is 5.69 Å². The first-order valence-electron chi connectivity index (χ1n) is 9.46. The maximum absolute atomic E-state index is 13.8. The van der Waals surface area contributed by atoms with Crippen LogP contribution in [0.1, 0.15) is 5.69 Å². The van der Waals surface area contributed by atoms with E-state index in [4.69, 9.17) is 0 Å². The van der Waals surface area contributed by atoms with Crippen molar-refractivity contribution in [3.05, 3.63) is 72.4 Å². The van der Waals surface area contributed by atoms with E-state index in [1.807, 2.05) is 28.0 Å². The van der Waals surface area contributed by atoms with Crippen molar-refractivity contribution in [3.63, 3.8) is 0 Å². The number of aromatic nitrogens is 3. The molecule has 1 aromatic carbocycles. The van der Waals surface area contributed by atoms with Crippen LogP contribution in [-0.4, -0.2) is 51.9 Å². The summed E-state index contributed by atoms with van der Waals surface area (Å²) in [6, 6.07) is 13.7. The highest BCUT2D eigenvalue weighted by Gasteiger charge is 2.23. The summed E-state index contributed by atoms with van der Waals surface area (Å²) in [4.78, 5) is 29.4. The lowest BCUT2D eigenvalue weighted by atomic mass is 10.2. The van der Waals surface area contributed by atoms with Gasteiger partial charge in [-0.15, -0.1) is 0 Å². The maximum Gasteiger partial charge on any atom is 0.228 e. The Morgan fingerprint density at radius 3 is 2.52 bits per heavy atom. The number of para-hydroxylation sites is 1. The monoisotopic (exact) mass is 392 g/mol. The molecule has 0 aliphatic carbocycles. The highest BCUT2D eigenvalue weighted by molar-refractivity contribution is 5.78. The first-order chi connectivity index (χ1) is 14.2. The molecule has 1 aliphatic heterocycles. The van der Waals surface area contributed by atoms with Crippen molar-refractivity contribution in [3.8, 4) is 0 Å². The smallest absolute Gasteiger partial charge is 0.228 e. The van der Waals surface area contributed by atoms with E-state index < -0.39 is 0 Å². The SMILES string of the molecule is O=C(Cc1ccccn1)N1CCN(c2nccc(Nc3ccccc3F)n2)CC1. The Kier molecular flexibility index (Phi) is 5.60. The summed E-state index contributed by atoms with van der Waals surface area (Å²) in [6.07, 6.45) is 3.64. The maximum atomic E-state index is 13.8. The third kappa shape index (κ3) is 4.66. The lowest BCUT2D eigenvalue weighted by Gasteiger charge is -2.34. The van der Waals surface area contributed by atoms with Gasteiger partial charge in [0.15, 0.2) is 0 Å². The zero-order chi connectivity index (χ0) is 20.1. The number of pyridine rings is 1. The summed E-state index contributed by atoms with van der Waals surface area (Å²) >= 11 is 0. The second kappa shape index (κ2) is 8.64. The van der Waals surface area contributed by atoms with Gasteiger partial charge in [0.2, 0.25) is 11.9 Å². The van der Waals surface area contributed by atoms with Crippen LogP contribution in [0.25, 0.3) is 0 Å². The Morgan fingerprint density at radius 2 is 1.76 bits per heavy atom. The molecule has 1 N–H and O–H groups in total. The summed E-state index contributed by atoms with van der Waals surface area (Å²) in [5, 5.41) is 2.98. The average molecular weight is 392 g/mol. The molecule has 0 radical (unpaired) electrons. The van der Waals surface area contributed by atoms with E-state index in [0.29, 0.717) is 50.1 Å². The molecule has 0 bridgehead atoms. The van der Waals surface area contributed by atoms with Gasteiger partial charge in [-0.1, -0.05) is 18.2 Å². The largest absolute Gasteiger partial charge is 0.339 e. The van der Waals surface area contributed by atoms with Crippen LogP contribution >= 0.6 is 0 Å². The molecule has 0 spiro atoms. The Hall–Kier alpha value is -3.55. The number of amides is 1. The van der Waals surface area contributed by atoms with Gasteiger partial charge >= 0.3 is 0 Å². The summed E-state index contributed by atoms with van der Waals surface area (Å²) in [5.74, 6) is 0.809. The summed E-state index contributed by atoms with van der Waals surface area (Å²) in [7, 11) is 0. The minimum atomic E-state index is -0.340. The summed E-state index contributed by atoms with van der Waals surface area (Å²) in [5.41, 5.74) is 1.14. The molecule has 3 heterocycles. The van der Waals surface area contributed by atoms with Crippen molar-refractivity contribution in [1.29, 1.82) is 0 Å². The van der Waals surface area contributed by atoms with E-state index >= 15 is 0 Å². The van der Waals surface area contributed by atoms with Crippen LogP contribution in [0.5, 0.6) is 0 Å². The number of halogens is 1. The van der Waals surface area contributed by atoms with E-state index in [2.05, 4.69) is 20.3 Å². The molecule has 148 valence electrons. The lowest BCUT2D eigenvalue weighted by Crippen LogP contribution is -2.49. The molecule has 8 heteroatoms. The van der Waals surface area contributed by atoms with Gasteiger partial charge < -0.3 is 15.1 Å². The summed E-state index contributed by atoms with van der Waals surface area (Å²) < 4.78 is 13.8. The van der Waals surface area contributed by atoms with Gasteiger partial charge in [0.25, 0.3) is 0 Å². The fourth-order valence-electron chi connectivity index (χ4n) is 3.20. The van der Waals surface area contributed by atoms with E-state index in [1.54, 1.807) is 36.7 Å². The third-order valence-electron chi connectivity index (χ3n) is 4.75. The fourth-order valence-corrected chi connectivity index (χ4v) is 3.20. The fraction of sp³-hybridized carbons (Fsp3) is 0.238. The lowest BCUT2D eigenvalue weighted by molar-refractivity contribution is -0.130. The molecule has 3 aromatic rings. The summed E-state index contributed by atoms with van der Waals surface area (Å²) in [6.45, 7) is 2.47. The molecular weight excluding hydrogens is 371 g/mol. The Balaban J connectivity index is 1.36. The molecule has 0 unspecified atom stereocenters. The standard InChI is InChI=1S/C21H21FN6O/c22-17-6-1-2-7-18(17)25-19-8-10-24-21(26-19)28-13-11-27(12-14-28)20(29)15-16-5-3-4-9-23-16/h1-10H,11-15H2,(H,24,25,26). The number of carbonyl (C=O) groups excluding carboxylic acids is 1. The number of nitrogens with one attached hydrogen (secondary N) is 1. The van der Waals surface area contributed by atoms with Gasteiger partial charge in [0.05, 0.1) is 12.1 Å². The Labute approximate surface area is 168 Å². The van der Waals surface area contributed by atoms with Gasteiger partial charge in [0.1, 0.15) is 11.6 Å². The predicted molar refractivity (Wildman–Crippen MR) is 108 cm³/mol. The van der Waals surface area contributed by atoms with Crippen molar-refractivity contribution < 1.29 is 9.18 Å². The number of piperazine rings is 1. The van der Waals surface area contributed by atoms with Crippen LogP contribution in [0.2, 0.25) is 0 Å². The minimum absolute atomic E-state index is 0.0687. The minimum Gasteiger partial charge on any atom is -0.339 e. The first kappa shape index (κ1) is 18.8. The molecular formula is C21H21FN6O. The average Bonchev–Trinajstić information content (AvgIpc) is 2.76. The van der Waals surface area contributed by atoms with Gasteiger partial charge in [-0.2, -0.15) is 4.98 Å². The van der Waals surface area contributed by atoms with Crippen molar-refractivity contribution in [2.24, 2.45) is 0 Å². The van der Waals surface area contributed by atoms with Crippen LogP contribution < -0.4 is 10.2 Å². The van der Waals surface area contributed by atoms with Gasteiger partial charge in [-0.3, -0.25) is 9.78 Å². The van der Waals surface area contributed by atoms with E-state index in [1.165, 1.54) is 6.07 Å². The van der Waals surface area contributed by atoms with E-state index in [9.17, 15) is 9.18 Å². The van der Waals surface area contributed by atoms with Crippen molar-refractivity contribution in [1.82, 2.24) is 19.9 Å².